The maximum absolute atomic E-state index is 11.9. The molecule has 0 radical (unpaired) electrons. The molecule has 0 saturated heterocycles. The van der Waals surface area contributed by atoms with Gasteiger partial charge >= 0.3 is 11.9 Å². The molecule has 0 fully saturated rings. The largest absolute Gasteiger partial charge is 0.462 e. The van der Waals surface area contributed by atoms with Gasteiger partial charge in [0.2, 0.25) is 0 Å². The van der Waals surface area contributed by atoms with Crippen molar-refractivity contribution in [1.29, 1.82) is 0 Å². The molecular weight excluding hydrogens is 404 g/mol. The Morgan fingerprint density at radius 2 is 1.31 bits per heavy atom. The lowest BCUT2D eigenvalue weighted by atomic mass is 10.1. The number of hydrogen-bond acceptors (Lipinski definition) is 5. The van der Waals surface area contributed by atoms with E-state index in [1.165, 1.54) is 32.1 Å². The van der Waals surface area contributed by atoms with Gasteiger partial charge in [-0.1, -0.05) is 89.5 Å². The average molecular weight is 453 g/mol. The van der Waals surface area contributed by atoms with Crippen LogP contribution in [0.15, 0.2) is 24.3 Å². The van der Waals surface area contributed by atoms with Gasteiger partial charge in [-0.05, 0) is 38.5 Å². The first kappa shape index (κ1) is 30.4. The quantitative estimate of drug-likeness (QED) is 0.111. The van der Waals surface area contributed by atoms with Crippen LogP contribution in [0.5, 0.6) is 0 Å². The number of rotatable bonds is 22. The Morgan fingerprint density at radius 1 is 0.719 bits per heavy atom. The molecule has 1 unspecified atom stereocenters. The van der Waals surface area contributed by atoms with Gasteiger partial charge in [0.1, 0.15) is 6.61 Å². The Labute approximate surface area is 196 Å². The first-order valence-corrected chi connectivity index (χ1v) is 12.9. The van der Waals surface area contributed by atoms with Gasteiger partial charge < -0.3 is 14.6 Å². The van der Waals surface area contributed by atoms with Crippen molar-refractivity contribution in [3.63, 3.8) is 0 Å². The highest BCUT2D eigenvalue weighted by atomic mass is 16.6. The zero-order valence-corrected chi connectivity index (χ0v) is 20.7. The minimum atomic E-state index is -0.768. The molecule has 0 aromatic carbocycles. The minimum Gasteiger partial charge on any atom is -0.462 e. The molecule has 32 heavy (non-hydrogen) atoms. The summed E-state index contributed by atoms with van der Waals surface area (Å²) in [6.07, 6.45) is 23.9. The molecule has 0 aliphatic rings. The molecule has 0 amide bonds. The van der Waals surface area contributed by atoms with Crippen molar-refractivity contribution in [1.82, 2.24) is 0 Å². The van der Waals surface area contributed by atoms with Crippen molar-refractivity contribution in [3.05, 3.63) is 24.3 Å². The van der Waals surface area contributed by atoms with E-state index in [1.807, 2.05) is 0 Å². The van der Waals surface area contributed by atoms with Crippen LogP contribution in [-0.4, -0.2) is 36.4 Å². The van der Waals surface area contributed by atoms with Gasteiger partial charge in [0.05, 0.1) is 6.61 Å². The highest BCUT2D eigenvalue weighted by Crippen LogP contribution is 2.10. The van der Waals surface area contributed by atoms with Crippen LogP contribution in [0.2, 0.25) is 0 Å². The minimum absolute atomic E-state index is 0.0715. The Morgan fingerprint density at radius 3 is 1.97 bits per heavy atom. The van der Waals surface area contributed by atoms with Gasteiger partial charge in [-0.25, -0.2) is 0 Å². The molecule has 0 aliphatic heterocycles. The van der Waals surface area contributed by atoms with Crippen molar-refractivity contribution < 1.29 is 24.2 Å². The molecule has 5 heteroatoms. The summed E-state index contributed by atoms with van der Waals surface area (Å²) in [6.45, 7) is 3.93. The van der Waals surface area contributed by atoms with Crippen molar-refractivity contribution in [3.8, 4) is 0 Å². The highest BCUT2D eigenvalue weighted by Gasteiger charge is 2.15. The van der Waals surface area contributed by atoms with E-state index in [2.05, 4.69) is 38.2 Å². The van der Waals surface area contributed by atoms with Gasteiger partial charge in [0.25, 0.3) is 0 Å². The average Bonchev–Trinajstić information content (AvgIpc) is 2.79. The summed E-state index contributed by atoms with van der Waals surface area (Å²) in [5.74, 6) is -0.627. The van der Waals surface area contributed by atoms with E-state index in [9.17, 15) is 14.7 Å². The second-order valence-corrected chi connectivity index (χ2v) is 8.42. The molecule has 186 valence electrons. The van der Waals surface area contributed by atoms with Crippen LogP contribution in [0, 0.1) is 0 Å². The van der Waals surface area contributed by atoms with Gasteiger partial charge in [0, 0.05) is 12.8 Å². The van der Waals surface area contributed by atoms with Gasteiger partial charge in [-0.3, -0.25) is 9.59 Å². The summed E-state index contributed by atoms with van der Waals surface area (Å²) in [4.78, 5) is 23.7. The Kier molecular flexibility index (Phi) is 22.8. The lowest BCUT2D eigenvalue weighted by Crippen LogP contribution is -2.28. The second kappa shape index (κ2) is 24.0. The van der Waals surface area contributed by atoms with Crippen LogP contribution < -0.4 is 0 Å². The maximum atomic E-state index is 11.9. The standard InChI is InChI=1S/C27H48O5/c1-3-5-7-9-10-11-12-13-14-15-16-18-20-22-27(30)32-25(23-28)24-31-26(29)21-19-17-8-6-4-2/h7,9,11-12,25,28H,3-6,8,10,13-24H2,1-2H3/b9-7-,12-11-. The fourth-order valence-electron chi connectivity index (χ4n) is 3.24. The zero-order valence-electron chi connectivity index (χ0n) is 20.7. The summed E-state index contributed by atoms with van der Waals surface area (Å²) >= 11 is 0. The normalized spacial score (nSPS) is 12.5. The number of aliphatic hydroxyl groups excluding tert-OH is 1. The highest BCUT2D eigenvalue weighted by molar-refractivity contribution is 5.70. The lowest BCUT2D eigenvalue weighted by Gasteiger charge is -2.15. The van der Waals surface area contributed by atoms with Gasteiger partial charge in [0.15, 0.2) is 6.10 Å². The van der Waals surface area contributed by atoms with E-state index in [1.54, 1.807) is 0 Å². The predicted octanol–water partition coefficient (Wildman–Crippen LogP) is 6.83. The second-order valence-electron chi connectivity index (χ2n) is 8.42. The molecule has 5 nitrogen and oxygen atoms in total. The van der Waals surface area contributed by atoms with Crippen molar-refractivity contribution in [2.75, 3.05) is 13.2 Å². The van der Waals surface area contributed by atoms with E-state index in [0.29, 0.717) is 12.8 Å². The van der Waals surface area contributed by atoms with Crippen LogP contribution in [0.4, 0.5) is 0 Å². The van der Waals surface area contributed by atoms with Crippen LogP contribution in [0.1, 0.15) is 117 Å². The maximum Gasteiger partial charge on any atom is 0.306 e. The number of ether oxygens (including phenoxy) is 2. The Hall–Kier alpha value is -1.62. The number of unbranched alkanes of at least 4 members (excludes halogenated alkanes) is 10. The molecule has 1 N–H and O–H groups in total. The molecule has 0 aliphatic carbocycles. The fraction of sp³-hybridized carbons (Fsp3) is 0.778. The number of hydrogen-bond donors (Lipinski definition) is 1. The summed E-state index contributed by atoms with van der Waals surface area (Å²) < 4.78 is 10.4. The SMILES string of the molecule is CCC/C=C\C/C=C\CCCCCCCC(=O)OC(CO)COC(=O)CCCCCCC. The number of carbonyl (C=O) groups excluding carboxylic acids is 2. The molecule has 0 aromatic rings. The van der Waals surface area contributed by atoms with Gasteiger partial charge in [-0.15, -0.1) is 0 Å². The molecule has 0 rings (SSSR count). The third-order valence-electron chi connectivity index (χ3n) is 5.23. The van der Waals surface area contributed by atoms with Crippen LogP contribution >= 0.6 is 0 Å². The van der Waals surface area contributed by atoms with Crippen LogP contribution in [-0.2, 0) is 19.1 Å². The predicted molar refractivity (Wildman–Crippen MR) is 131 cm³/mol. The van der Waals surface area contributed by atoms with Crippen LogP contribution in [0.25, 0.3) is 0 Å². The first-order valence-electron chi connectivity index (χ1n) is 12.9. The molecule has 0 spiro atoms. The van der Waals surface area contributed by atoms with Gasteiger partial charge in [-0.2, -0.15) is 0 Å². The zero-order chi connectivity index (χ0) is 23.7. The Bertz CT molecular complexity index is 498. The van der Waals surface area contributed by atoms with Crippen molar-refractivity contribution in [2.24, 2.45) is 0 Å². The summed E-state index contributed by atoms with van der Waals surface area (Å²) in [7, 11) is 0. The van der Waals surface area contributed by atoms with E-state index in [0.717, 1.165) is 57.8 Å². The number of carbonyl (C=O) groups is 2. The number of aliphatic hydroxyl groups is 1. The van der Waals surface area contributed by atoms with Crippen molar-refractivity contribution >= 4 is 11.9 Å². The van der Waals surface area contributed by atoms with Crippen molar-refractivity contribution in [2.45, 2.75) is 123 Å². The molecule has 1 atom stereocenters. The molecular formula is C27H48O5. The van der Waals surface area contributed by atoms with Crippen LogP contribution in [0.3, 0.4) is 0 Å². The molecule has 0 saturated carbocycles. The third-order valence-corrected chi connectivity index (χ3v) is 5.23. The summed E-state index contributed by atoms with van der Waals surface area (Å²) in [6, 6.07) is 0. The van der Waals surface area contributed by atoms with E-state index in [-0.39, 0.29) is 25.2 Å². The smallest absolute Gasteiger partial charge is 0.306 e. The number of esters is 2. The molecule has 0 aromatic heterocycles. The number of allylic oxidation sites excluding steroid dienone is 4. The molecule has 0 heterocycles. The van der Waals surface area contributed by atoms with E-state index < -0.39 is 6.10 Å². The Balaban J connectivity index is 3.65. The summed E-state index contributed by atoms with van der Waals surface area (Å²) in [5, 5.41) is 9.37. The third kappa shape index (κ3) is 21.6. The fourth-order valence-corrected chi connectivity index (χ4v) is 3.24. The lowest BCUT2D eigenvalue weighted by molar-refractivity contribution is -0.161. The van der Waals surface area contributed by atoms with E-state index >= 15 is 0 Å². The topological polar surface area (TPSA) is 72.8 Å². The monoisotopic (exact) mass is 452 g/mol. The first-order chi connectivity index (χ1) is 15.6. The molecule has 0 bridgehead atoms. The summed E-state index contributed by atoms with van der Waals surface area (Å²) in [5.41, 5.74) is 0. The van der Waals surface area contributed by atoms with E-state index in [4.69, 9.17) is 9.47 Å².